The van der Waals surface area contributed by atoms with Gasteiger partial charge in [-0.2, -0.15) is 0 Å². The zero-order valence-corrected chi connectivity index (χ0v) is 17.1. The molecule has 0 aromatic heterocycles. The van der Waals surface area contributed by atoms with Gasteiger partial charge in [-0.25, -0.2) is 0 Å². The van der Waals surface area contributed by atoms with Gasteiger partial charge in [-0.1, -0.05) is 0 Å². The van der Waals surface area contributed by atoms with E-state index in [0.717, 1.165) is 5.69 Å². The van der Waals surface area contributed by atoms with Crippen molar-refractivity contribution < 1.29 is 14.4 Å². The molecule has 0 radical (unpaired) electrons. The maximum Gasteiger partial charge on any atom is 0.253 e. The number of carbonyl (C=O) groups excluding carboxylic acids is 3. The monoisotopic (exact) mass is 396 g/mol. The van der Waals surface area contributed by atoms with E-state index in [1.807, 2.05) is 20.8 Å². The van der Waals surface area contributed by atoms with Gasteiger partial charge in [-0.15, -0.1) is 0 Å². The van der Waals surface area contributed by atoms with Gasteiger partial charge in [-0.3, -0.25) is 14.4 Å². The topological polar surface area (TPSA) is 90.5 Å². The maximum absolute atomic E-state index is 12.3. The average Bonchev–Trinajstić information content (AvgIpc) is 2.74. The number of anilines is 2. The van der Waals surface area contributed by atoms with Crippen LogP contribution in [0.3, 0.4) is 0 Å². The van der Waals surface area contributed by atoms with Gasteiger partial charge in [0.05, 0.1) is 6.54 Å². The Morgan fingerprint density at radius 2 is 1.34 bits per heavy atom. The molecule has 0 saturated heterocycles. The minimum atomic E-state index is -0.209. The fourth-order valence-electron chi connectivity index (χ4n) is 2.78. The highest BCUT2D eigenvalue weighted by molar-refractivity contribution is 5.97. The van der Waals surface area contributed by atoms with Gasteiger partial charge in [0, 0.05) is 42.1 Å². The van der Waals surface area contributed by atoms with Crippen molar-refractivity contribution in [2.24, 2.45) is 0 Å². The largest absolute Gasteiger partial charge is 0.376 e. The minimum absolute atomic E-state index is 0.00430. The van der Waals surface area contributed by atoms with Crippen LogP contribution < -0.4 is 16.0 Å². The van der Waals surface area contributed by atoms with Crippen LogP contribution in [0.25, 0.3) is 0 Å². The Bertz CT molecular complexity index is 828. The van der Waals surface area contributed by atoms with Crippen molar-refractivity contribution in [1.29, 1.82) is 0 Å². The third kappa shape index (κ3) is 6.34. The lowest BCUT2D eigenvalue weighted by atomic mass is 10.1. The van der Waals surface area contributed by atoms with Crippen molar-refractivity contribution in [3.63, 3.8) is 0 Å². The van der Waals surface area contributed by atoms with Gasteiger partial charge < -0.3 is 20.9 Å². The van der Waals surface area contributed by atoms with Crippen molar-refractivity contribution in [1.82, 2.24) is 10.2 Å². The van der Waals surface area contributed by atoms with Crippen LogP contribution in [0.4, 0.5) is 11.4 Å². The number of amides is 3. The van der Waals surface area contributed by atoms with E-state index in [9.17, 15) is 14.4 Å². The highest BCUT2D eigenvalue weighted by atomic mass is 16.2. The first-order valence-corrected chi connectivity index (χ1v) is 9.79. The van der Waals surface area contributed by atoms with E-state index in [4.69, 9.17) is 0 Å². The van der Waals surface area contributed by atoms with Crippen LogP contribution in [0.2, 0.25) is 0 Å². The fraction of sp³-hybridized carbons (Fsp3) is 0.318. The Morgan fingerprint density at radius 1 is 0.793 bits per heavy atom. The van der Waals surface area contributed by atoms with Crippen LogP contribution >= 0.6 is 0 Å². The average molecular weight is 396 g/mol. The minimum Gasteiger partial charge on any atom is -0.376 e. The molecule has 0 fully saturated rings. The molecule has 29 heavy (non-hydrogen) atoms. The van der Waals surface area contributed by atoms with Crippen molar-refractivity contribution in [3.8, 4) is 0 Å². The molecule has 0 saturated carbocycles. The molecule has 7 nitrogen and oxygen atoms in total. The van der Waals surface area contributed by atoms with Crippen LogP contribution in [-0.2, 0) is 4.79 Å². The number of hydrogen-bond acceptors (Lipinski definition) is 4. The second kappa shape index (κ2) is 10.8. The molecule has 7 heteroatoms. The molecule has 0 aliphatic heterocycles. The summed E-state index contributed by atoms with van der Waals surface area (Å²) in [4.78, 5) is 37.9. The number of carbonyl (C=O) groups is 3. The second-order valence-electron chi connectivity index (χ2n) is 6.39. The second-order valence-corrected chi connectivity index (χ2v) is 6.39. The number of nitrogens with zero attached hydrogens (tertiary/aromatic N) is 1. The lowest BCUT2D eigenvalue weighted by Crippen LogP contribution is -2.30. The summed E-state index contributed by atoms with van der Waals surface area (Å²) < 4.78 is 0. The lowest BCUT2D eigenvalue weighted by molar-refractivity contribution is -0.114. The van der Waals surface area contributed by atoms with Gasteiger partial charge in [0.1, 0.15) is 0 Å². The molecule has 0 atom stereocenters. The van der Waals surface area contributed by atoms with E-state index in [0.29, 0.717) is 36.4 Å². The summed E-state index contributed by atoms with van der Waals surface area (Å²) in [6.45, 7) is 7.73. The smallest absolute Gasteiger partial charge is 0.253 e. The Kier molecular flexibility index (Phi) is 8.21. The van der Waals surface area contributed by atoms with Gasteiger partial charge in [-0.05, 0) is 69.3 Å². The van der Waals surface area contributed by atoms with E-state index in [1.165, 1.54) is 0 Å². The predicted octanol–water partition coefficient (Wildman–Crippen LogP) is 2.97. The highest BCUT2D eigenvalue weighted by Gasteiger charge is 2.12. The molecule has 2 rings (SSSR count). The predicted molar refractivity (Wildman–Crippen MR) is 115 cm³/mol. The number of hydrogen-bond donors (Lipinski definition) is 3. The Labute approximate surface area is 171 Å². The number of nitrogens with one attached hydrogen (secondary N) is 3. The molecule has 3 amide bonds. The molecule has 0 spiro atoms. The first-order chi connectivity index (χ1) is 14.0. The maximum atomic E-state index is 12.3. The highest BCUT2D eigenvalue weighted by Crippen LogP contribution is 2.12. The van der Waals surface area contributed by atoms with Crippen molar-refractivity contribution in [2.75, 3.05) is 36.8 Å². The normalized spacial score (nSPS) is 10.2. The van der Waals surface area contributed by atoms with Gasteiger partial charge in [0.2, 0.25) is 5.91 Å². The molecular formula is C22H28N4O3. The van der Waals surface area contributed by atoms with E-state index in [2.05, 4.69) is 16.0 Å². The third-order valence-electron chi connectivity index (χ3n) is 4.40. The number of benzene rings is 2. The summed E-state index contributed by atoms with van der Waals surface area (Å²) in [5.41, 5.74) is 2.53. The van der Waals surface area contributed by atoms with Gasteiger partial charge in [0.25, 0.3) is 11.8 Å². The van der Waals surface area contributed by atoms with Crippen LogP contribution in [-0.4, -0.2) is 48.8 Å². The van der Waals surface area contributed by atoms with Crippen LogP contribution in [0.15, 0.2) is 48.5 Å². The summed E-state index contributed by atoms with van der Waals surface area (Å²) in [6, 6.07) is 13.8. The summed E-state index contributed by atoms with van der Waals surface area (Å²) in [5.74, 6) is -0.357. The van der Waals surface area contributed by atoms with E-state index >= 15 is 0 Å². The first kappa shape index (κ1) is 21.9. The molecule has 0 heterocycles. The quantitative estimate of drug-likeness (QED) is 0.608. The lowest BCUT2D eigenvalue weighted by Gasteiger charge is -2.18. The zero-order valence-electron chi connectivity index (χ0n) is 17.1. The Morgan fingerprint density at radius 3 is 1.90 bits per heavy atom. The van der Waals surface area contributed by atoms with Crippen molar-refractivity contribution >= 4 is 29.1 Å². The number of rotatable bonds is 9. The Balaban J connectivity index is 1.86. The summed E-state index contributed by atoms with van der Waals surface area (Å²) in [6.07, 6.45) is 0. The van der Waals surface area contributed by atoms with Crippen molar-refractivity contribution in [3.05, 3.63) is 59.7 Å². The molecule has 2 aromatic carbocycles. The fourth-order valence-corrected chi connectivity index (χ4v) is 2.78. The third-order valence-corrected chi connectivity index (χ3v) is 4.40. The summed E-state index contributed by atoms with van der Waals surface area (Å²) >= 11 is 0. The first-order valence-electron chi connectivity index (χ1n) is 9.79. The van der Waals surface area contributed by atoms with E-state index in [1.54, 1.807) is 53.4 Å². The van der Waals surface area contributed by atoms with Gasteiger partial charge in [0.15, 0.2) is 0 Å². The van der Waals surface area contributed by atoms with Gasteiger partial charge >= 0.3 is 0 Å². The van der Waals surface area contributed by atoms with Crippen LogP contribution in [0.1, 0.15) is 41.5 Å². The molecule has 0 unspecified atom stereocenters. The van der Waals surface area contributed by atoms with E-state index in [-0.39, 0.29) is 24.3 Å². The molecule has 0 bridgehead atoms. The Hall–Kier alpha value is -3.35. The molecule has 154 valence electrons. The molecular weight excluding hydrogens is 368 g/mol. The van der Waals surface area contributed by atoms with Crippen molar-refractivity contribution in [2.45, 2.75) is 20.8 Å². The molecule has 2 aromatic rings. The van der Waals surface area contributed by atoms with Crippen LogP contribution in [0.5, 0.6) is 0 Å². The molecule has 0 aliphatic rings. The molecule has 3 N–H and O–H groups in total. The SMILES string of the molecule is CCNC(=O)c1ccc(NC(=O)CNc2ccc(C(=O)N(CC)CC)cc2)cc1. The van der Waals surface area contributed by atoms with Crippen LogP contribution in [0, 0.1) is 0 Å². The molecule has 0 aliphatic carbocycles. The zero-order chi connectivity index (χ0) is 21.2. The summed E-state index contributed by atoms with van der Waals surface area (Å²) in [5, 5.41) is 8.53. The standard InChI is InChI=1S/C22H28N4O3/c1-4-23-21(28)16-7-13-19(14-8-16)25-20(27)15-24-18-11-9-17(10-12-18)22(29)26(5-2)6-3/h7-14,24H,4-6,15H2,1-3H3,(H,23,28)(H,25,27). The summed E-state index contributed by atoms with van der Waals surface area (Å²) in [7, 11) is 0. The van der Waals surface area contributed by atoms with E-state index < -0.39 is 0 Å².